The van der Waals surface area contributed by atoms with Gasteiger partial charge in [-0.15, -0.1) is 0 Å². The van der Waals surface area contributed by atoms with Crippen LogP contribution in [0, 0.1) is 11.3 Å². The summed E-state index contributed by atoms with van der Waals surface area (Å²) in [5, 5.41) is 35.0. The highest BCUT2D eigenvalue weighted by Gasteiger charge is 2.21. The van der Waals surface area contributed by atoms with Crippen molar-refractivity contribution in [2.45, 2.75) is 45.1 Å². The van der Waals surface area contributed by atoms with Crippen LogP contribution >= 0.6 is 23.2 Å². The van der Waals surface area contributed by atoms with Gasteiger partial charge in [0.25, 0.3) is 0 Å². The van der Waals surface area contributed by atoms with Crippen LogP contribution < -0.4 is 25.4 Å². The van der Waals surface area contributed by atoms with E-state index in [0.717, 1.165) is 56.3 Å². The Morgan fingerprint density at radius 3 is 2.61 bits per heavy atom. The topological polar surface area (TPSA) is 159 Å². The maximum atomic E-state index is 11.6. The number of nitrogens with zero attached hydrogens (tertiary/aromatic N) is 5. The highest BCUT2D eigenvalue weighted by Crippen LogP contribution is 2.40. The average Bonchev–Trinajstić information content (AvgIpc) is 3.84. The summed E-state index contributed by atoms with van der Waals surface area (Å²) < 4.78 is 13.8. The fourth-order valence-electron chi connectivity index (χ4n) is 6.83. The molecule has 14 heteroatoms. The molecule has 3 aromatic carbocycles. The molecule has 0 radical (unpaired) electrons. The molecule has 56 heavy (non-hydrogen) atoms. The van der Waals surface area contributed by atoms with E-state index >= 15 is 0 Å². The molecule has 0 spiro atoms. The second kappa shape index (κ2) is 17.9. The van der Waals surface area contributed by atoms with Crippen LogP contribution in [-0.2, 0) is 31.0 Å². The lowest BCUT2D eigenvalue weighted by molar-refractivity contribution is -0.119. The van der Waals surface area contributed by atoms with E-state index in [2.05, 4.69) is 27.0 Å². The molecule has 0 bridgehead atoms. The van der Waals surface area contributed by atoms with Gasteiger partial charge >= 0.3 is 0 Å². The number of amides is 1. The Morgan fingerprint density at radius 1 is 0.982 bits per heavy atom. The third kappa shape index (κ3) is 8.78. The van der Waals surface area contributed by atoms with Gasteiger partial charge in [-0.05, 0) is 47.9 Å². The Kier molecular flexibility index (Phi) is 12.4. The van der Waals surface area contributed by atoms with E-state index in [9.17, 15) is 15.2 Å². The molecule has 12 nitrogen and oxygen atoms in total. The molecular weight excluding hydrogens is 751 g/mol. The van der Waals surface area contributed by atoms with Gasteiger partial charge in [0.1, 0.15) is 18.4 Å². The number of aliphatic hydroxyl groups is 1. The zero-order valence-corrected chi connectivity index (χ0v) is 32.2. The number of fused-ring (bicyclic) bond motifs is 1. The number of rotatable bonds is 16. The molecular formula is C42H40Cl2N8O4. The van der Waals surface area contributed by atoms with Crippen molar-refractivity contribution in [3.8, 4) is 40.1 Å². The molecule has 1 atom stereocenters. The first-order valence-electron chi connectivity index (χ1n) is 18.2. The smallest absolute Gasteiger partial charge is 0.220 e. The summed E-state index contributed by atoms with van der Waals surface area (Å²) in [6, 6.07) is 23.6. The van der Waals surface area contributed by atoms with Crippen LogP contribution in [0.5, 0.6) is 11.6 Å². The zero-order valence-electron chi connectivity index (χ0n) is 30.7. The molecule has 4 N–H and O–H groups in total. The second-order valence-electron chi connectivity index (χ2n) is 13.4. The lowest BCUT2D eigenvalue weighted by Crippen LogP contribution is -2.35. The molecule has 4 heterocycles. The fourth-order valence-corrected chi connectivity index (χ4v) is 7.40. The standard InChI is InChI=1S/C42H40Cl2N8O4/c1-55-42-28(20-48-22-31-9-11-40(54)50-31)8-10-37(51-42)34-6-2-5-33(41(34)44)32-4-3-7-38-35(32)23-49-52(38)24-30-16-39(29(15-36(30)43)21-46-12-13-53)56-25-27-14-26(17-45)18-47-19-27/h2-8,10,14-16,18-19,23,31,46,48,53H,9,11-13,20-22,24-25H2,1H3,(H,50,54). The molecule has 286 valence electrons. The summed E-state index contributed by atoms with van der Waals surface area (Å²) in [5.41, 5.74) is 7.84. The number of pyridine rings is 2. The molecule has 1 fully saturated rings. The second-order valence-corrected chi connectivity index (χ2v) is 14.2. The van der Waals surface area contributed by atoms with Gasteiger partial charge in [0, 0.05) is 89.3 Å². The molecule has 1 unspecified atom stereocenters. The van der Waals surface area contributed by atoms with Crippen molar-refractivity contribution in [2.24, 2.45) is 0 Å². The van der Waals surface area contributed by atoms with Crippen molar-refractivity contribution >= 4 is 40.0 Å². The molecule has 0 aliphatic carbocycles. The number of aromatic nitrogens is 4. The number of halogens is 2. The molecule has 3 aromatic heterocycles. The number of carbonyl (C=O) groups excluding carboxylic acids is 1. The van der Waals surface area contributed by atoms with Crippen LogP contribution in [0.3, 0.4) is 0 Å². The van der Waals surface area contributed by atoms with Crippen LogP contribution in [0.4, 0.5) is 0 Å². The number of hydrogen-bond donors (Lipinski definition) is 4. The Labute approximate surface area is 334 Å². The Morgan fingerprint density at radius 2 is 1.80 bits per heavy atom. The van der Waals surface area contributed by atoms with Gasteiger partial charge in [-0.1, -0.05) is 59.6 Å². The van der Waals surface area contributed by atoms with Gasteiger partial charge in [0.05, 0.1) is 48.3 Å². The van der Waals surface area contributed by atoms with Gasteiger partial charge in [0.15, 0.2) is 0 Å². The number of nitriles is 1. The Hall–Kier alpha value is -5.55. The van der Waals surface area contributed by atoms with E-state index < -0.39 is 0 Å². The van der Waals surface area contributed by atoms with Crippen LogP contribution in [0.2, 0.25) is 10.0 Å². The summed E-state index contributed by atoms with van der Waals surface area (Å²) in [7, 11) is 1.60. The van der Waals surface area contributed by atoms with Crippen molar-refractivity contribution in [1.29, 1.82) is 5.26 Å². The summed E-state index contributed by atoms with van der Waals surface area (Å²) in [6.07, 6.45) is 6.40. The number of nitrogens with one attached hydrogen (secondary N) is 3. The van der Waals surface area contributed by atoms with E-state index in [4.69, 9.17) is 42.8 Å². The minimum atomic E-state index is -0.0000300. The molecule has 1 saturated heterocycles. The first kappa shape index (κ1) is 38.7. The quantitative estimate of drug-likeness (QED) is 0.0806. The van der Waals surface area contributed by atoms with Gasteiger partial charge in [0.2, 0.25) is 11.8 Å². The highest BCUT2D eigenvalue weighted by atomic mass is 35.5. The van der Waals surface area contributed by atoms with Crippen LogP contribution in [0.1, 0.15) is 40.7 Å². The zero-order chi connectivity index (χ0) is 39.0. The minimum absolute atomic E-state index is 0.0000300. The summed E-state index contributed by atoms with van der Waals surface area (Å²) in [5.74, 6) is 1.21. The van der Waals surface area contributed by atoms with Crippen molar-refractivity contribution in [1.82, 2.24) is 35.7 Å². The lowest BCUT2D eigenvalue weighted by atomic mass is 9.98. The predicted octanol–water partition coefficient (Wildman–Crippen LogP) is 6.42. The summed E-state index contributed by atoms with van der Waals surface area (Å²) >= 11 is 14.1. The van der Waals surface area contributed by atoms with Crippen molar-refractivity contribution in [2.75, 3.05) is 26.8 Å². The van der Waals surface area contributed by atoms with Gasteiger partial charge in [-0.25, -0.2) is 4.98 Å². The number of methoxy groups -OCH3 is 1. The lowest BCUT2D eigenvalue weighted by Gasteiger charge is -2.16. The Bertz CT molecular complexity index is 2410. The van der Waals surface area contributed by atoms with Crippen LogP contribution in [0.15, 0.2) is 85.3 Å². The van der Waals surface area contributed by atoms with Crippen molar-refractivity contribution in [3.63, 3.8) is 0 Å². The largest absolute Gasteiger partial charge is 0.489 e. The predicted molar refractivity (Wildman–Crippen MR) is 215 cm³/mol. The SMILES string of the molecule is COc1nc(-c2cccc(-c3cccc4c3cnn4Cc3cc(OCc4cncc(C#N)c4)c(CNCCO)cc3Cl)c2Cl)ccc1CNCC1CCC(=O)N1. The van der Waals surface area contributed by atoms with E-state index in [0.29, 0.717) is 72.1 Å². The third-order valence-corrected chi connectivity index (χ3v) is 10.4. The first-order valence-corrected chi connectivity index (χ1v) is 19.0. The number of benzene rings is 3. The monoisotopic (exact) mass is 790 g/mol. The van der Waals surface area contributed by atoms with Crippen molar-refractivity contribution < 1.29 is 19.4 Å². The third-order valence-electron chi connectivity index (χ3n) is 9.65. The first-order chi connectivity index (χ1) is 27.3. The fraction of sp³-hybridized carbons (Fsp3) is 0.262. The molecule has 6 aromatic rings. The minimum Gasteiger partial charge on any atom is -0.489 e. The Balaban J connectivity index is 1.13. The molecule has 1 amide bonds. The van der Waals surface area contributed by atoms with Crippen LogP contribution in [0.25, 0.3) is 33.3 Å². The molecule has 7 rings (SSSR count). The normalized spacial score (nSPS) is 13.8. The van der Waals surface area contributed by atoms with E-state index in [1.165, 1.54) is 6.20 Å². The summed E-state index contributed by atoms with van der Waals surface area (Å²) in [6.45, 7) is 2.64. The number of ether oxygens (including phenoxy) is 2. The van der Waals surface area contributed by atoms with E-state index in [1.54, 1.807) is 19.4 Å². The van der Waals surface area contributed by atoms with Crippen LogP contribution in [-0.4, -0.2) is 63.6 Å². The molecule has 1 aliphatic heterocycles. The maximum Gasteiger partial charge on any atom is 0.220 e. The average molecular weight is 792 g/mol. The highest BCUT2D eigenvalue weighted by molar-refractivity contribution is 6.36. The molecule has 0 saturated carbocycles. The van der Waals surface area contributed by atoms with Crippen molar-refractivity contribution in [3.05, 3.63) is 123 Å². The van der Waals surface area contributed by atoms with Gasteiger partial charge < -0.3 is 30.5 Å². The van der Waals surface area contributed by atoms with Gasteiger partial charge in [-0.2, -0.15) is 10.4 Å². The van der Waals surface area contributed by atoms with E-state index in [1.807, 2.05) is 71.5 Å². The maximum absolute atomic E-state index is 11.6. The molecule has 1 aliphatic rings. The number of hydrogen-bond acceptors (Lipinski definition) is 10. The summed E-state index contributed by atoms with van der Waals surface area (Å²) in [4.78, 5) is 20.5. The van der Waals surface area contributed by atoms with Gasteiger partial charge in [-0.3, -0.25) is 14.5 Å². The van der Waals surface area contributed by atoms with E-state index in [-0.39, 0.29) is 25.2 Å². The number of carbonyl (C=O) groups is 1. The number of aliphatic hydroxyl groups excluding tert-OH is 1.